The lowest BCUT2D eigenvalue weighted by atomic mass is 10.0. The van der Waals surface area contributed by atoms with Crippen LogP contribution < -0.4 is 10.4 Å². The zero-order valence-electron chi connectivity index (χ0n) is 11.0. The third-order valence-electron chi connectivity index (χ3n) is 3.82. The predicted octanol–water partition coefficient (Wildman–Crippen LogP) is 2.83. The van der Waals surface area contributed by atoms with Gasteiger partial charge in [0.1, 0.15) is 6.61 Å². The van der Waals surface area contributed by atoms with E-state index in [0.29, 0.717) is 6.61 Å². The van der Waals surface area contributed by atoms with Gasteiger partial charge in [0.25, 0.3) is 0 Å². The van der Waals surface area contributed by atoms with Gasteiger partial charge in [-0.3, -0.25) is 0 Å². The summed E-state index contributed by atoms with van der Waals surface area (Å²) in [6.07, 6.45) is 12.3. The van der Waals surface area contributed by atoms with Crippen molar-refractivity contribution in [3.63, 3.8) is 0 Å². The van der Waals surface area contributed by atoms with Gasteiger partial charge < -0.3 is 4.74 Å². The van der Waals surface area contributed by atoms with Gasteiger partial charge in [-0.15, -0.1) is 0 Å². The lowest BCUT2D eigenvalue weighted by Gasteiger charge is -2.03. The number of hydrogen-bond acceptors (Lipinski definition) is 1. The molecule has 0 N–H and O–H groups in total. The van der Waals surface area contributed by atoms with Crippen LogP contribution in [0.1, 0.15) is 11.1 Å². The zero-order valence-corrected chi connectivity index (χ0v) is 11.0. The van der Waals surface area contributed by atoms with E-state index >= 15 is 0 Å². The van der Waals surface area contributed by atoms with Crippen LogP contribution in [0.5, 0.6) is 0 Å². The van der Waals surface area contributed by atoms with Crippen molar-refractivity contribution in [2.24, 2.45) is 0 Å². The van der Waals surface area contributed by atoms with Gasteiger partial charge in [-0.25, -0.2) is 0 Å². The smallest absolute Gasteiger partial charge is 0.106 e. The van der Waals surface area contributed by atoms with Crippen LogP contribution in [0.4, 0.5) is 0 Å². The van der Waals surface area contributed by atoms with Gasteiger partial charge in [-0.2, -0.15) is 0 Å². The minimum Gasteiger partial charge on any atom is -0.497 e. The van der Waals surface area contributed by atoms with Crippen molar-refractivity contribution in [1.29, 1.82) is 0 Å². The van der Waals surface area contributed by atoms with E-state index in [1.807, 2.05) is 12.2 Å². The fourth-order valence-corrected chi connectivity index (χ4v) is 2.89. The van der Waals surface area contributed by atoms with Crippen molar-refractivity contribution < 1.29 is 4.74 Å². The van der Waals surface area contributed by atoms with Gasteiger partial charge >= 0.3 is 0 Å². The maximum atomic E-state index is 5.45. The summed E-state index contributed by atoms with van der Waals surface area (Å²) in [5.41, 5.74) is 5.17. The topological polar surface area (TPSA) is 9.23 Å². The van der Waals surface area contributed by atoms with Crippen LogP contribution >= 0.6 is 0 Å². The number of allylic oxidation sites excluding steroid dienone is 2. The van der Waals surface area contributed by atoms with E-state index in [2.05, 4.69) is 54.6 Å². The number of hydrogen-bond donors (Lipinski definition) is 0. The Morgan fingerprint density at radius 2 is 1.75 bits per heavy atom. The molecule has 2 aromatic carbocycles. The molecule has 0 radical (unpaired) electrons. The third kappa shape index (κ3) is 1.71. The first kappa shape index (κ1) is 11.3. The zero-order chi connectivity index (χ0) is 13.4. The van der Waals surface area contributed by atoms with Gasteiger partial charge in [0.05, 0.1) is 6.26 Å². The molecule has 0 fully saturated rings. The molecule has 1 nitrogen and oxygen atoms in total. The molecule has 0 atom stereocenters. The Labute approximate surface area is 117 Å². The maximum Gasteiger partial charge on any atom is 0.106 e. The highest BCUT2D eigenvalue weighted by Gasteiger charge is 2.12. The van der Waals surface area contributed by atoms with Crippen molar-refractivity contribution >= 4 is 18.2 Å². The van der Waals surface area contributed by atoms with Gasteiger partial charge in [0.15, 0.2) is 0 Å². The first-order valence-electron chi connectivity index (χ1n) is 6.83. The summed E-state index contributed by atoms with van der Waals surface area (Å²) < 4.78 is 5.45. The van der Waals surface area contributed by atoms with E-state index in [0.717, 1.165) is 0 Å². The molecule has 20 heavy (non-hydrogen) atoms. The fraction of sp³-hybridized carbons (Fsp3) is 0.0526. The summed E-state index contributed by atoms with van der Waals surface area (Å²) in [6.45, 7) is 0.603. The van der Waals surface area contributed by atoms with Crippen LogP contribution in [0.3, 0.4) is 0 Å². The molecular weight excluding hydrogens is 244 g/mol. The highest BCUT2D eigenvalue weighted by Crippen LogP contribution is 2.25. The second kappa shape index (κ2) is 4.53. The number of benzene rings is 2. The summed E-state index contributed by atoms with van der Waals surface area (Å²) in [5.74, 6) is 0. The Hall–Kier alpha value is -2.54. The molecule has 1 aliphatic heterocycles. The Kier molecular flexibility index (Phi) is 2.56. The van der Waals surface area contributed by atoms with Crippen molar-refractivity contribution in [2.45, 2.75) is 0 Å². The van der Waals surface area contributed by atoms with Crippen LogP contribution in [-0.2, 0) is 4.74 Å². The van der Waals surface area contributed by atoms with Gasteiger partial charge in [0, 0.05) is 0 Å². The largest absolute Gasteiger partial charge is 0.497 e. The van der Waals surface area contributed by atoms with E-state index in [-0.39, 0.29) is 0 Å². The maximum absolute atomic E-state index is 5.45. The summed E-state index contributed by atoms with van der Waals surface area (Å²) in [4.78, 5) is 0. The molecular formula is C19H14O. The molecule has 1 aliphatic carbocycles. The molecule has 0 amide bonds. The van der Waals surface area contributed by atoms with Crippen molar-refractivity contribution in [3.05, 3.63) is 76.4 Å². The highest BCUT2D eigenvalue weighted by atomic mass is 16.5. The lowest BCUT2D eigenvalue weighted by Crippen LogP contribution is -2.28. The van der Waals surface area contributed by atoms with Crippen LogP contribution in [-0.4, -0.2) is 6.61 Å². The standard InChI is InChI=1S/C19H14O/c1-2-7-16-15(6-1)13-19-17-10-12-20-11-4-3-5-14(17)8-9-18(16)19/h1-11,13H,12H2. The minimum atomic E-state index is 0.603. The molecule has 2 aliphatic rings. The van der Waals surface area contributed by atoms with E-state index in [1.165, 1.54) is 32.7 Å². The molecule has 1 heteroatoms. The molecule has 0 spiro atoms. The quantitative estimate of drug-likeness (QED) is 0.602. The second-order valence-electron chi connectivity index (χ2n) is 4.99. The average molecular weight is 258 g/mol. The minimum absolute atomic E-state index is 0.603. The first-order chi connectivity index (χ1) is 9.93. The predicted molar refractivity (Wildman–Crippen MR) is 83.3 cm³/mol. The van der Waals surface area contributed by atoms with Crippen LogP contribution in [0, 0.1) is 0 Å². The Morgan fingerprint density at radius 3 is 2.75 bits per heavy atom. The summed E-state index contributed by atoms with van der Waals surface area (Å²) >= 11 is 0. The van der Waals surface area contributed by atoms with Crippen LogP contribution in [0.25, 0.3) is 29.4 Å². The number of ether oxygens (including phenoxy) is 1. The molecule has 4 rings (SSSR count). The highest BCUT2D eigenvalue weighted by molar-refractivity contribution is 5.83. The monoisotopic (exact) mass is 258 g/mol. The first-order valence-corrected chi connectivity index (χ1v) is 6.83. The fourth-order valence-electron chi connectivity index (χ4n) is 2.89. The van der Waals surface area contributed by atoms with Crippen molar-refractivity contribution in [3.8, 4) is 11.1 Å². The molecule has 0 saturated heterocycles. The normalized spacial score (nSPS) is 14.6. The Bertz CT molecular complexity index is 854. The average Bonchev–Trinajstić information content (AvgIpc) is 2.90. The van der Waals surface area contributed by atoms with Crippen molar-refractivity contribution in [2.75, 3.05) is 6.61 Å². The Morgan fingerprint density at radius 1 is 0.800 bits per heavy atom. The number of fused-ring (bicyclic) bond motifs is 5. The summed E-state index contributed by atoms with van der Waals surface area (Å²) in [5, 5.41) is 2.57. The van der Waals surface area contributed by atoms with Gasteiger partial charge in [0.2, 0.25) is 0 Å². The van der Waals surface area contributed by atoms with Gasteiger partial charge in [-0.1, -0.05) is 48.6 Å². The molecule has 0 unspecified atom stereocenters. The number of rotatable bonds is 0. The van der Waals surface area contributed by atoms with E-state index in [4.69, 9.17) is 4.74 Å². The molecule has 1 heterocycles. The summed E-state index contributed by atoms with van der Waals surface area (Å²) in [6, 6.07) is 13.0. The van der Waals surface area contributed by atoms with Crippen LogP contribution in [0.2, 0.25) is 0 Å². The molecule has 0 bridgehead atoms. The molecule has 2 aromatic rings. The van der Waals surface area contributed by atoms with E-state index in [9.17, 15) is 0 Å². The molecule has 0 aromatic heterocycles. The Balaban J connectivity index is 2.05. The van der Waals surface area contributed by atoms with Crippen LogP contribution in [0.15, 0.2) is 54.8 Å². The lowest BCUT2D eigenvalue weighted by molar-refractivity contribution is 0.300. The van der Waals surface area contributed by atoms with Gasteiger partial charge in [-0.05, 0) is 50.9 Å². The second-order valence-corrected chi connectivity index (χ2v) is 4.99. The third-order valence-corrected chi connectivity index (χ3v) is 3.82. The van der Waals surface area contributed by atoms with E-state index < -0.39 is 0 Å². The SMILES string of the molecule is C1=COCC=c2c(ccc3c2=Cc2ccccc2-3)C=C1. The summed E-state index contributed by atoms with van der Waals surface area (Å²) in [7, 11) is 0. The van der Waals surface area contributed by atoms with Crippen molar-refractivity contribution in [1.82, 2.24) is 0 Å². The van der Waals surface area contributed by atoms with E-state index in [1.54, 1.807) is 6.26 Å². The molecule has 96 valence electrons. The molecule has 0 saturated carbocycles.